The lowest BCUT2D eigenvalue weighted by Gasteiger charge is -2.23. The first-order valence-corrected chi connectivity index (χ1v) is 7.08. The van der Waals surface area contributed by atoms with Crippen LogP contribution < -0.4 is 5.32 Å². The summed E-state index contributed by atoms with van der Waals surface area (Å²) < 4.78 is 5.82. The minimum absolute atomic E-state index is 0.333. The molecule has 1 aliphatic heterocycles. The summed E-state index contributed by atoms with van der Waals surface area (Å²) in [6.07, 6.45) is 3.84. The summed E-state index contributed by atoms with van der Waals surface area (Å²) in [4.78, 5) is 0. The van der Waals surface area contributed by atoms with Gasteiger partial charge in [-0.15, -0.1) is 0 Å². The second-order valence-electron chi connectivity index (χ2n) is 5.66. The first-order valence-electron chi connectivity index (χ1n) is 7.08. The van der Waals surface area contributed by atoms with Gasteiger partial charge in [0.25, 0.3) is 0 Å². The molecule has 1 aromatic rings. The minimum Gasteiger partial charge on any atom is -0.376 e. The summed E-state index contributed by atoms with van der Waals surface area (Å²) in [5.74, 6) is 0.705. The van der Waals surface area contributed by atoms with Crippen LogP contribution in [0.3, 0.4) is 0 Å². The third-order valence-electron chi connectivity index (χ3n) is 3.60. The Balaban J connectivity index is 2.14. The molecule has 1 saturated heterocycles. The quantitative estimate of drug-likeness (QED) is 0.862. The van der Waals surface area contributed by atoms with Crippen LogP contribution in [-0.2, 0) is 11.2 Å². The maximum absolute atomic E-state index is 5.82. The molecule has 0 amide bonds. The Morgan fingerprint density at radius 2 is 2.22 bits per heavy atom. The highest BCUT2D eigenvalue weighted by molar-refractivity contribution is 5.27. The normalized spacial score (nSPS) is 21.4. The smallest absolute Gasteiger partial charge is 0.0770 e. The van der Waals surface area contributed by atoms with Gasteiger partial charge in [-0.3, -0.25) is 0 Å². The summed E-state index contributed by atoms with van der Waals surface area (Å²) in [6.45, 7) is 5.44. The first-order chi connectivity index (χ1) is 8.70. The van der Waals surface area contributed by atoms with Crippen molar-refractivity contribution in [2.45, 2.75) is 45.3 Å². The van der Waals surface area contributed by atoms with Crippen LogP contribution >= 0.6 is 0 Å². The predicted octanol–water partition coefficient (Wildman–Crippen LogP) is 3.32. The van der Waals surface area contributed by atoms with E-state index in [1.807, 2.05) is 7.05 Å². The highest BCUT2D eigenvalue weighted by atomic mass is 16.5. The van der Waals surface area contributed by atoms with Crippen molar-refractivity contribution in [2.24, 2.45) is 5.92 Å². The zero-order valence-electron chi connectivity index (χ0n) is 11.8. The van der Waals surface area contributed by atoms with Gasteiger partial charge < -0.3 is 10.1 Å². The van der Waals surface area contributed by atoms with Crippen molar-refractivity contribution in [2.75, 3.05) is 13.7 Å². The third-order valence-corrected chi connectivity index (χ3v) is 3.60. The lowest BCUT2D eigenvalue weighted by Crippen LogP contribution is -2.29. The van der Waals surface area contributed by atoms with Crippen molar-refractivity contribution in [3.05, 3.63) is 35.4 Å². The van der Waals surface area contributed by atoms with Gasteiger partial charge in [0.15, 0.2) is 0 Å². The Kier molecular flexibility index (Phi) is 4.79. The molecule has 2 heteroatoms. The van der Waals surface area contributed by atoms with Crippen molar-refractivity contribution in [3.8, 4) is 0 Å². The average molecular weight is 247 g/mol. The number of benzene rings is 1. The van der Waals surface area contributed by atoms with Crippen molar-refractivity contribution >= 4 is 0 Å². The second kappa shape index (κ2) is 6.35. The fourth-order valence-corrected chi connectivity index (χ4v) is 2.82. The summed E-state index contributed by atoms with van der Waals surface area (Å²) in [5, 5.41) is 3.42. The summed E-state index contributed by atoms with van der Waals surface area (Å²) in [5.41, 5.74) is 2.79. The van der Waals surface area contributed by atoms with E-state index < -0.39 is 0 Å². The Bertz CT molecular complexity index is 369. The molecule has 0 saturated carbocycles. The Morgan fingerprint density at radius 1 is 1.39 bits per heavy atom. The lowest BCUT2D eigenvalue weighted by atomic mass is 9.95. The lowest BCUT2D eigenvalue weighted by molar-refractivity contribution is 0.0807. The molecule has 0 bridgehead atoms. The van der Waals surface area contributed by atoms with Crippen LogP contribution in [0, 0.1) is 5.92 Å². The molecule has 1 aromatic carbocycles. The molecule has 18 heavy (non-hydrogen) atoms. The van der Waals surface area contributed by atoms with E-state index in [0.717, 1.165) is 13.0 Å². The van der Waals surface area contributed by atoms with Crippen molar-refractivity contribution in [1.82, 2.24) is 5.32 Å². The molecule has 2 rings (SSSR count). The highest BCUT2D eigenvalue weighted by Crippen LogP contribution is 2.27. The standard InChI is InChI=1S/C16H25NO/c1-12(2)10-13-6-4-7-14(11-13)16(17-3)15-8-5-9-18-15/h4,6-7,11-12,15-17H,5,8-10H2,1-3H3. The maximum Gasteiger partial charge on any atom is 0.0770 e. The molecule has 1 fully saturated rings. The van der Waals surface area contributed by atoms with Gasteiger partial charge in [0.05, 0.1) is 12.1 Å². The summed E-state index contributed by atoms with van der Waals surface area (Å²) in [6, 6.07) is 9.28. The maximum atomic E-state index is 5.82. The Morgan fingerprint density at radius 3 is 2.83 bits per heavy atom. The number of nitrogens with one attached hydrogen (secondary N) is 1. The highest BCUT2D eigenvalue weighted by Gasteiger charge is 2.26. The fraction of sp³-hybridized carbons (Fsp3) is 0.625. The van der Waals surface area contributed by atoms with Crippen LogP contribution in [0.1, 0.15) is 43.9 Å². The molecule has 0 radical (unpaired) electrons. The molecule has 1 aliphatic rings. The molecule has 0 spiro atoms. The number of ether oxygens (including phenoxy) is 1. The van der Waals surface area contributed by atoms with Gasteiger partial charge in [-0.1, -0.05) is 38.1 Å². The molecule has 2 unspecified atom stereocenters. The van der Waals surface area contributed by atoms with Crippen molar-refractivity contribution in [3.63, 3.8) is 0 Å². The van der Waals surface area contributed by atoms with E-state index in [2.05, 4.69) is 43.4 Å². The topological polar surface area (TPSA) is 21.3 Å². The van der Waals surface area contributed by atoms with E-state index in [0.29, 0.717) is 18.1 Å². The third kappa shape index (κ3) is 3.33. The van der Waals surface area contributed by atoms with E-state index in [4.69, 9.17) is 4.74 Å². The van der Waals surface area contributed by atoms with Crippen LogP contribution in [0.25, 0.3) is 0 Å². The van der Waals surface area contributed by atoms with E-state index in [9.17, 15) is 0 Å². The predicted molar refractivity (Wildman–Crippen MR) is 75.8 cm³/mol. The number of hydrogen-bond donors (Lipinski definition) is 1. The van der Waals surface area contributed by atoms with E-state index in [-0.39, 0.29) is 0 Å². The molecule has 0 aliphatic carbocycles. The summed E-state index contributed by atoms with van der Waals surface area (Å²) in [7, 11) is 2.03. The number of rotatable bonds is 5. The molecule has 2 nitrogen and oxygen atoms in total. The van der Waals surface area contributed by atoms with Gasteiger partial charge in [-0.05, 0) is 43.4 Å². The Hall–Kier alpha value is -0.860. The number of likely N-dealkylation sites (N-methyl/N-ethyl adjacent to an activating group) is 1. The largest absolute Gasteiger partial charge is 0.376 e. The van der Waals surface area contributed by atoms with E-state index in [1.54, 1.807) is 0 Å². The molecule has 0 aromatic heterocycles. The van der Waals surface area contributed by atoms with E-state index >= 15 is 0 Å². The number of hydrogen-bond acceptors (Lipinski definition) is 2. The molecule has 1 N–H and O–H groups in total. The summed E-state index contributed by atoms with van der Waals surface area (Å²) >= 11 is 0. The van der Waals surface area contributed by atoms with Crippen molar-refractivity contribution < 1.29 is 4.74 Å². The monoisotopic (exact) mass is 247 g/mol. The minimum atomic E-state index is 0.333. The van der Waals surface area contributed by atoms with Gasteiger partial charge in [-0.25, -0.2) is 0 Å². The van der Waals surface area contributed by atoms with Crippen LogP contribution in [0.2, 0.25) is 0 Å². The van der Waals surface area contributed by atoms with Gasteiger partial charge >= 0.3 is 0 Å². The fourth-order valence-electron chi connectivity index (χ4n) is 2.82. The van der Waals surface area contributed by atoms with E-state index in [1.165, 1.54) is 24.0 Å². The zero-order chi connectivity index (χ0) is 13.0. The van der Waals surface area contributed by atoms with Gasteiger partial charge in [0.1, 0.15) is 0 Å². The van der Waals surface area contributed by atoms with Gasteiger partial charge in [-0.2, -0.15) is 0 Å². The van der Waals surface area contributed by atoms with Crippen LogP contribution in [0.5, 0.6) is 0 Å². The van der Waals surface area contributed by atoms with Gasteiger partial charge in [0.2, 0.25) is 0 Å². The Labute approximate surface area is 111 Å². The molecule has 2 atom stereocenters. The van der Waals surface area contributed by atoms with Crippen LogP contribution in [0.4, 0.5) is 0 Å². The second-order valence-corrected chi connectivity index (χ2v) is 5.66. The van der Waals surface area contributed by atoms with Crippen LogP contribution in [0.15, 0.2) is 24.3 Å². The zero-order valence-corrected chi connectivity index (χ0v) is 11.8. The first kappa shape index (κ1) is 13.6. The molecular formula is C16H25NO. The molecule has 100 valence electrons. The average Bonchev–Trinajstić information content (AvgIpc) is 2.83. The van der Waals surface area contributed by atoms with Crippen LogP contribution in [-0.4, -0.2) is 19.8 Å². The molecule has 1 heterocycles. The molecular weight excluding hydrogens is 222 g/mol. The van der Waals surface area contributed by atoms with Crippen molar-refractivity contribution in [1.29, 1.82) is 0 Å². The van der Waals surface area contributed by atoms with Gasteiger partial charge in [0, 0.05) is 6.61 Å². The SMILES string of the molecule is CNC(c1cccc(CC(C)C)c1)C1CCCO1.